The topological polar surface area (TPSA) is 58.1 Å². The molecule has 3 aromatic rings. The summed E-state index contributed by atoms with van der Waals surface area (Å²) in [5.41, 5.74) is 6.09. The van der Waals surface area contributed by atoms with Crippen LogP contribution in [0.25, 0.3) is 0 Å². The fraction of sp³-hybridized carbons (Fsp3) is 0.407. The average molecular weight is 493 g/mol. The van der Waals surface area contributed by atoms with Gasteiger partial charge in [0.25, 0.3) is 0 Å². The molecule has 0 unspecified atom stereocenters. The van der Waals surface area contributed by atoms with Crippen molar-refractivity contribution in [2.75, 3.05) is 67.8 Å². The zero-order valence-electron chi connectivity index (χ0n) is 20.2. The lowest BCUT2D eigenvalue weighted by atomic mass is 9.99. The number of ether oxygens (including phenoxy) is 2. The molecule has 3 heterocycles. The van der Waals surface area contributed by atoms with Gasteiger partial charge in [0.15, 0.2) is 5.13 Å². The van der Waals surface area contributed by atoms with Crippen molar-refractivity contribution in [2.45, 2.75) is 19.4 Å². The van der Waals surface area contributed by atoms with Crippen molar-refractivity contribution in [1.29, 1.82) is 0 Å². The molecule has 2 aliphatic heterocycles. The van der Waals surface area contributed by atoms with E-state index >= 15 is 0 Å². The second-order valence-electron chi connectivity index (χ2n) is 8.97. The van der Waals surface area contributed by atoms with Crippen molar-refractivity contribution < 1.29 is 14.3 Å². The molecule has 0 spiro atoms. The SMILES string of the molecule is COCCN(C=O)c1ccc2c(c1)CN(c1ncc(Cc3ccc(N4CCOCC4)cc3)s1)CC2. The van der Waals surface area contributed by atoms with Crippen LogP contribution in [0.4, 0.5) is 16.5 Å². The summed E-state index contributed by atoms with van der Waals surface area (Å²) in [6, 6.07) is 15.2. The molecule has 1 fully saturated rings. The number of amides is 1. The van der Waals surface area contributed by atoms with E-state index in [1.165, 1.54) is 27.3 Å². The third kappa shape index (κ3) is 5.66. The maximum absolute atomic E-state index is 11.6. The van der Waals surface area contributed by atoms with Crippen LogP contribution in [-0.4, -0.2) is 64.5 Å². The smallest absolute Gasteiger partial charge is 0.214 e. The van der Waals surface area contributed by atoms with Crippen molar-refractivity contribution in [2.24, 2.45) is 0 Å². The number of nitrogens with zero attached hydrogens (tertiary/aromatic N) is 4. The van der Waals surface area contributed by atoms with Gasteiger partial charge in [-0.05, 0) is 47.4 Å². The summed E-state index contributed by atoms with van der Waals surface area (Å²) in [6.45, 7) is 6.34. The molecule has 0 atom stereocenters. The van der Waals surface area contributed by atoms with Gasteiger partial charge in [-0.1, -0.05) is 18.2 Å². The lowest BCUT2D eigenvalue weighted by Gasteiger charge is -2.29. The Labute approximate surface area is 210 Å². The van der Waals surface area contributed by atoms with Crippen LogP contribution in [-0.2, 0) is 33.7 Å². The first-order valence-corrected chi connectivity index (χ1v) is 13.0. The molecule has 0 aliphatic carbocycles. The fourth-order valence-corrected chi connectivity index (χ4v) is 5.66. The number of rotatable bonds is 9. The molecule has 5 rings (SSSR count). The number of methoxy groups -OCH3 is 1. The van der Waals surface area contributed by atoms with Gasteiger partial charge in [0.05, 0.1) is 19.8 Å². The molecule has 7 nitrogen and oxygen atoms in total. The monoisotopic (exact) mass is 492 g/mol. The standard InChI is InChI=1S/C27H32N4O3S/c1-33-13-10-31(20-32)25-7-4-22-8-9-30(19-23(22)17-25)27-28-18-26(35-27)16-21-2-5-24(6-3-21)29-11-14-34-15-12-29/h2-7,17-18,20H,8-16,19H2,1H3. The lowest BCUT2D eigenvalue weighted by Crippen LogP contribution is -2.36. The van der Waals surface area contributed by atoms with Crippen molar-refractivity contribution in [1.82, 2.24) is 4.98 Å². The van der Waals surface area contributed by atoms with Crippen LogP contribution < -0.4 is 14.7 Å². The molecule has 1 saturated heterocycles. The van der Waals surface area contributed by atoms with E-state index in [1.54, 1.807) is 23.3 Å². The highest BCUT2D eigenvalue weighted by molar-refractivity contribution is 7.15. The Kier molecular flexibility index (Phi) is 7.61. The first-order chi connectivity index (χ1) is 17.2. The zero-order valence-corrected chi connectivity index (χ0v) is 21.0. The Morgan fingerprint density at radius 3 is 2.69 bits per heavy atom. The third-order valence-electron chi connectivity index (χ3n) is 6.70. The van der Waals surface area contributed by atoms with Gasteiger partial charge in [0.1, 0.15) is 0 Å². The van der Waals surface area contributed by atoms with Crippen LogP contribution in [0.5, 0.6) is 0 Å². The summed E-state index contributed by atoms with van der Waals surface area (Å²) in [4.78, 5) is 24.0. The van der Waals surface area contributed by atoms with E-state index in [0.29, 0.717) is 13.2 Å². The first-order valence-electron chi connectivity index (χ1n) is 12.2. The third-order valence-corrected chi connectivity index (χ3v) is 7.76. The molecular weight excluding hydrogens is 460 g/mol. The lowest BCUT2D eigenvalue weighted by molar-refractivity contribution is -0.107. The van der Waals surface area contributed by atoms with Gasteiger partial charge < -0.3 is 24.2 Å². The number of thiazole rings is 1. The normalized spacial score (nSPS) is 15.7. The largest absolute Gasteiger partial charge is 0.383 e. The summed E-state index contributed by atoms with van der Waals surface area (Å²) in [5.74, 6) is 0. The molecule has 8 heteroatoms. The molecule has 0 radical (unpaired) electrons. The summed E-state index contributed by atoms with van der Waals surface area (Å²) in [5, 5.41) is 1.06. The Hall–Kier alpha value is -2.94. The predicted octanol–water partition coefficient (Wildman–Crippen LogP) is 3.74. The molecule has 184 valence electrons. The number of hydrogen-bond donors (Lipinski definition) is 0. The van der Waals surface area contributed by atoms with Crippen LogP contribution in [0.2, 0.25) is 0 Å². The van der Waals surface area contributed by atoms with E-state index in [1.807, 2.05) is 12.3 Å². The second-order valence-corrected chi connectivity index (χ2v) is 10.1. The van der Waals surface area contributed by atoms with Crippen molar-refractivity contribution >= 4 is 34.3 Å². The number of hydrogen-bond acceptors (Lipinski definition) is 7. The van der Waals surface area contributed by atoms with Gasteiger partial charge in [-0.2, -0.15) is 0 Å². The van der Waals surface area contributed by atoms with Crippen LogP contribution in [0.1, 0.15) is 21.6 Å². The van der Waals surface area contributed by atoms with Gasteiger partial charge in [-0.15, -0.1) is 11.3 Å². The van der Waals surface area contributed by atoms with Crippen molar-refractivity contribution in [3.63, 3.8) is 0 Å². The van der Waals surface area contributed by atoms with E-state index in [9.17, 15) is 4.79 Å². The minimum atomic E-state index is 0.514. The Morgan fingerprint density at radius 2 is 1.91 bits per heavy atom. The molecule has 2 aliphatic rings. The minimum absolute atomic E-state index is 0.514. The fourth-order valence-electron chi connectivity index (χ4n) is 4.69. The number of morpholine rings is 1. The maximum atomic E-state index is 11.6. The summed E-state index contributed by atoms with van der Waals surface area (Å²) in [7, 11) is 1.65. The number of carbonyl (C=O) groups is 1. The van der Waals surface area contributed by atoms with Gasteiger partial charge in [-0.3, -0.25) is 4.79 Å². The molecule has 0 N–H and O–H groups in total. The summed E-state index contributed by atoms with van der Waals surface area (Å²) in [6.07, 6.45) is 4.76. The van der Waals surface area contributed by atoms with E-state index in [0.717, 1.165) is 69.5 Å². The quantitative estimate of drug-likeness (QED) is 0.424. The highest BCUT2D eigenvalue weighted by Gasteiger charge is 2.20. The molecule has 0 saturated carbocycles. The summed E-state index contributed by atoms with van der Waals surface area (Å²) >= 11 is 1.77. The molecule has 1 aromatic heterocycles. The number of aromatic nitrogens is 1. The van der Waals surface area contributed by atoms with Crippen molar-refractivity contribution in [3.8, 4) is 0 Å². The van der Waals surface area contributed by atoms with E-state index in [4.69, 9.17) is 14.5 Å². The van der Waals surface area contributed by atoms with Crippen LogP contribution in [0.15, 0.2) is 48.7 Å². The maximum Gasteiger partial charge on any atom is 0.214 e. The van der Waals surface area contributed by atoms with Gasteiger partial charge in [0, 0.05) is 68.7 Å². The number of anilines is 3. The van der Waals surface area contributed by atoms with Gasteiger partial charge >= 0.3 is 0 Å². The zero-order chi connectivity index (χ0) is 24.0. The second kappa shape index (κ2) is 11.2. The van der Waals surface area contributed by atoms with E-state index < -0.39 is 0 Å². The minimum Gasteiger partial charge on any atom is -0.383 e. The van der Waals surface area contributed by atoms with Crippen LogP contribution in [0, 0.1) is 0 Å². The molecule has 35 heavy (non-hydrogen) atoms. The van der Waals surface area contributed by atoms with Crippen LogP contribution in [0.3, 0.4) is 0 Å². The molecule has 2 aromatic carbocycles. The average Bonchev–Trinajstić information content (AvgIpc) is 3.38. The van der Waals surface area contributed by atoms with Crippen LogP contribution >= 0.6 is 11.3 Å². The Bertz CT molecular complexity index is 1130. The first kappa shape index (κ1) is 23.8. The van der Waals surface area contributed by atoms with Crippen molar-refractivity contribution in [3.05, 3.63) is 70.2 Å². The highest BCUT2D eigenvalue weighted by atomic mass is 32.1. The highest BCUT2D eigenvalue weighted by Crippen LogP contribution is 2.31. The Morgan fingerprint density at radius 1 is 1.09 bits per heavy atom. The number of carbonyl (C=O) groups excluding carboxylic acids is 1. The molecule has 0 bridgehead atoms. The predicted molar refractivity (Wildman–Crippen MR) is 141 cm³/mol. The summed E-state index contributed by atoms with van der Waals surface area (Å²) < 4.78 is 10.6. The van der Waals surface area contributed by atoms with E-state index in [-0.39, 0.29) is 0 Å². The number of benzene rings is 2. The Balaban J connectivity index is 1.23. The molecule has 1 amide bonds. The number of fused-ring (bicyclic) bond motifs is 1. The van der Waals surface area contributed by atoms with E-state index in [2.05, 4.69) is 46.2 Å². The van der Waals surface area contributed by atoms with Gasteiger partial charge in [-0.25, -0.2) is 4.98 Å². The molecular formula is C27H32N4O3S. The van der Waals surface area contributed by atoms with Gasteiger partial charge in [0.2, 0.25) is 6.41 Å².